The van der Waals surface area contributed by atoms with E-state index in [2.05, 4.69) is 13.5 Å². The normalized spacial score (nSPS) is 15.4. The highest BCUT2D eigenvalue weighted by molar-refractivity contribution is 5.22. The lowest BCUT2D eigenvalue weighted by Gasteiger charge is -1.96. The lowest BCUT2D eigenvalue weighted by molar-refractivity contribution is 0.244. The standard InChI is InChI=1S/C10H16O/c1-4-6-10(5-2)8-7-9(3)11/h4,6-9,11H,1,5H2,2-3H3/b8-7+,10-6-. The van der Waals surface area contributed by atoms with E-state index in [1.165, 1.54) is 5.57 Å². The minimum Gasteiger partial charge on any atom is -0.389 e. The van der Waals surface area contributed by atoms with E-state index < -0.39 is 0 Å². The van der Waals surface area contributed by atoms with Crippen LogP contribution in [-0.4, -0.2) is 11.2 Å². The first kappa shape index (κ1) is 10.2. The molecule has 62 valence electrons. The van der Waals surface area contributed by atoms with Gasteiger partial charge in [0.2, 0.25) is 0 Å². The minimum absolute atomic E-state index is 0.366. The molecule has 0 fully saturated rings. The number of aliphatic hydroxyl groups is 1. The van der Waals surface area contributed by atoms with Crippen molar-refractivity contribution in [3.05, 3.63) is 36.5 Å². The van der Waals surface area contributed by atoms with Crippen LogP contribution in [0.1, 0.15) is 20.3 Å². The molecule has 0 radical (unpaired) electrons. The van der Waals surface area contributed by atoms with Gasteiger partial charge in [0.05, 0.1) is 6.10 Å². The lowest BCUT2D eigenvalue weighted by Crippen LogP contribution is -1.91. The van der Waals surface area contributed by atoms with Crippen molar-refractivity contribution in [2.24, 2.45) is 0 Å². The van der Waals surface area contributed by atoms with E-state index in [-0.39, 0.29) is 6.10 Å². The monoisotopic (exact) mass is 152 g/mol. The Labute approximate surface area is 68.7 Å². The van der Waals surface area contributed by atoms with Crippen LogP contribution in [0.4, 0.5) is 0 Å². The molecule has 1 atom stereocenters. The van der Waals surface area contributed by atoms with Crippen molar-refractivity contribution < 1.29 is 5.11 Å². The highest BCUT2D eigenvalue weighted by Gasteiger charge is 1.87. The second-order valence-electron chi connectivity index (χ2n) is 2.43. The number of hydrogen-bond donors (Lipinski definition) is 1. The van der Waals surface area contributed by atoms with E-state index in [0.29, 0.717) is 0 Å². The third-order valence-corrected chi connectivity index (χ3v) is 1.33. The number of hydrogen-bond acceptors (Lipinski definition) is 1. The van der Waals surface area contributed by atoms with Crippen LogP contribution in [0.5, 0.6) is 0 Å². The molecule has 0 aliphatic heterocycles. The topological polar surface area (TPSA) is 20.2 Å². The maximum absolute atomic E-state index is 8.93. The Morgan fingerprint density at radius 1 is 1.64 bits per heavy atom. The van der Waals surface area contributed by atoms with Gasteiger partial charge in [-0.1, -0.05) is 37.8 Å². The molecule has 0 heterocycles. The third-order valence-electron chi connectivity index (χ3n) is 1.33. The van der Waals surface area contributed by atoms with Crippen molar-refractivity contribution in [1.82, 2.24) is 0 Å². The van der Waals surface area contributed by atoms with Gasteiger partial charge >= 0.3 is 0 Å². The van der Waals surface area contributed by atoms with E-state index in [1.807, 2.05) is 12.2 Å². The van der Waals surface area contributed by atoms with E-state index in [4.69, 9.17) is 5.11 Å². The highest BCUT2D eigenvalue weighted by Crippen LogP contribution is 2.03. The first-order valence-electron chi connectivity index (χ1n) is 3.88. The van der Waals surface area contributed by atoms with Crippen LogP contribution < -0.4 is 0 Å². The van der Waals surface area contributed by atoms with Crippen LogP contribution in [0, 0.1) is 0 Å². The molecule has 0 bridgehead atoms. The highest BCUT2D eigenvalue weighted by atomic mass is 16.3. The molecule has 0 aromatic rings. The largest absolute Gasteiger partial charge is 0.389 e. The minimum atomic E-state index is -0.366. The summed E-state index contributed by atoms with van der Waals surface area (Å²) in [5.74, 6) is 0. The second-order valence-corrected chi connectivity index (χ2v) is 2.43. The summed E-state index contributed by atoms with van der Waals surface area (Å²) in [4.78, 5) is 0. The van der Waals surface area contributed by atoms with Crippen molar-refractivity contribution in [3.8, 4) is 0 Å². The maximum atomic E-state index is 8.93. The van der Waals surface area contributed by atoms with Gasteiger partial charge in [0.1, 0.15) is 0 Å². The van der Waals surface area contributed by atoms with Gasteiger partial charge < -0.3 is 5.11 Å². The molecule has 1 unspecified atom stereocenters. The smallest absolute Gasteiger partial charge is 0.0695 e. The summed E-state index contributed by atoms with van der Waals surface area (Å²) >= 11 is 0. The molecule has 1 heteroatoms. The Hall–Kier alpha value is -0.820. The fraction of sp³-hybridized carbons (Fsp3) is 0.400. The summed E-state index contributed by atoms with van der Waals surface area (Å²) in [7, 11) is 0. The van der Waals surface area contributed by atoms with Crippen molar-refractivity contribution >= 4 is 0 Å². The second kappa shape index (κ2) is 5.93. The number of aliphatic hydroxyl groups excluding tert-OH is 1. The summed E-state index contributed by atoms with van der Waals surface area (Å²) in [6, 6.07) is 0. The Kier molecular flexibility index (Phi) is 5.49. The molecular formula is C10H16O. The fourth-order valence-electron chi connectivity index (χ4n) is 0.705. The predicted octanol–water partition coefficient (Wildman–Crippen LogP) is 2.45. The zero-order valence-corrected chi connectivity index (χ0v) is 7.25. The van der Waals surface area contributed by atoms with Crippen molar-refractivity contribution in [2.45, 2.75) is 26.4 Å². The Morgan fingerprint density at radius 3 is 2.64 bits per heavy atom. The molecule has 0 amide bonds. The van der Waals surface area contributed by atoms with Crippen molar-refractivity contribution in [3.63, 3.8) is 0 Å². The molecule has 0 saturated carbocycles. The molecule has 1 nitrogen and oxygen atoms in total. The summed E-state index contributed by atoms with van der Waals surface area (Å²) in [5.41, 5.74) is 1.18. The van der Waals surface area contributed by atoms with Gasteiger partial charge in [-0.25, -0.2) is 0 Å². The molecule has 0 spiro atoms. The fourth-order valence-corrected chi connectivity index (χ4v) is 0.705. The summed E-state index contributed by atoms with van der Waals surface area (Å²) in [5, 5.41) is 8.93. The maximum Gasteiger partial charge on any atom is 0.0695 e. The molecule has 11 heavy (non-hydrogen) atoms. The van der Waals surface area contributed by atoms with Crippen LogP contribution >= 0.6 is 0 Å². The Bertz CT molecular complexity index is 164. The first-order valence-corrected chi connectivity index (χ1v) is 3.88. The quantitative estimate of drug-likeness (QED) is 0.613. The lowest BCUT2D eigenvalue weighted by atomic mass is 10.1. The SMILES string of the molecule is C=C/C=C(\C=C\C(C)O)CC. The van der Waals surface area contributed by atoms with Gasteiger partial charge in [0.25, 0.3) is 0 Å². The van der Waals surface area contributed by atoms with E-state index in [9.17, 15) is 0 Å². The molecule has 0 rings (SSSR count). The molecular weight excluding hydrogens is 136 g/mol. The predicted molar refractivity (Wildman–Crippen MR) is 49.4 cm³/mol. The van der Waals surface area contributed by atoms with Crippen LogP contribution in [-0.2, 0) is 0 Å². The van der Waals surface area contributed by atoms with Gasteiger partial charge in [0, 0.05) is 0 Å². The summed E-state index contributed by atoms with van der Waals surface area (Å²) < 4.78 is 0. The van der Waals surface area contributed by atoms with Gasteiger partial charge in [-0.2, -0.15) is 0 Å². The number of rotatable bonds is 4. The summed E-state index contributed by atoms with van der Waals surface area (Å²) in [6.45, 7) is 7.41. The Morgan fingerprint density at radius 2 is 2.27 bits per heavy atom. The molecule has 1 N–H and O–H groups in total. The molecule has 0 aliphatic rings. The summed E-state index contributed by atoms with van der Waals surface area (Å²) in [6.07, 6.45) is 7.99. The average Bonchev–Trinajstić information content (AvgIpc) is 1.97. The van der Waals surface area contributed by atoms with Gasteiger partial charge in [-0.3, -0.25) is 0 Å². The van der Waals surface area contributed by atoms with Crippen molar-refractivity contribution in [1.29, 1.82) is 0 Å². The third kappa shape index (κ3) is 5.62. The first-order chi connectivity index (χ1) is 5.20. The van der Waals surface area contributed by atoms with Gasteiger partial charge in [-0.05, 0) is 18.9 Å². The zero-order chi connectivity index (χ0) is 8.69. The van der Waals surface area contributed by atoms with Gasteiger partial charge in [0.15, 0.2) is 0 Å². The van der Waals surface area contributed by atoms with Gasteiger partial charge in [-0.15, -0.1) is 0 Å². The van der Waals surface area contributed by atoms with Crippen molar-refractivity contribution in [2.75, 3.05) is 0 Å². The molecule has 0 saturated heterocycles. The zero-order valence-electron chi connectivity index (χ0n) is 7.25. The van der Waals surface area contributed by atoms with E-state index >= 15 is 0 Å². The number of allylic oxidation sites excluding steroid dienone is 4. The molecule has 0 aliphatic carbocycles. The van der Waals surface area contributed by atoms with Crippen LogP contribution in [0.2, 0.25) is 0 Å². The molecule has 0 aromatic heterocycles. The molecule has 0 aromatic carbocycles. The van der Waals surface area contributed by atoms with Crippen LogP contribution in [0.15, 0.2) is 36.5 Å². The van der Waals surface area contributed by atoms with E-state index in [0.717, 1.165) is 6.42 Å². The van der Waals surface area contributed by atoms with Crippen LogP contribution in [0.3, 0.4) is 0 Å². The Balaban J connectivity index is 4.07. The van der Waals surface area contributed by atoms with Crippen LogP contribution in [0.25, 0.3) is 0 Å². The van der Waals surface area contributed by atoms with E-state index in [1.54, 1.807) is 19.1 Å². The average molecular weight is 152 g/mol.